The third-order valence-corrected chi connectivity index (χ3v) is 3.21. The van der Waals surface area contributed by atoms with Crippen LogP contribution in [0.1, 0.15) is 12.0 Å². The number of hydrogen-bond acceptors (Lipinski definition) is 4. The van der Waals surface area contributed by atoms with Crippen molar-refractivity contribution in [3.05, 3.63) is 35.9 Å². The van der Waals surface area contributed by atoms with E-state index in [1.807, 2.05) is 35.2 Å². The van der Waals surface area contributed by atoms with Crippen LogP contribution in [0.5, 0.6) is 0 Å². The van der Waals surface area contributed by atoms with Gasteiger partial charge >= 0.3 is 29.6 Å². The van der Waals surface area contributed by atoms with Crippen molar-refractivity contribution < 1.29 is 44.6 Å². The zero-order chi connectivity index (χ0) is 12.3. The van der Waals surface area contributed by atoms with Gasteiger partial charge in [-0.25, -0.2) is 0 Å². The van der Waals surface area contributed by atoms with Gasteiger partial charge in [0.05, 0.1) is 6.10 Å². The van der Waals surface area contributed by atoms with Crippen LogP contribution in [-0.2, 0) is 11.3 Å². The summed E-state index contributed by atoms with van der Waals surface area (Å²) in [6.07, 6.45) is -0.280. The summed E-state index contributed by atoms with van der Waals surface area (Å²) in [6, 6.07) is 9.90. The zero-order valence-corrected chi connectivity index (χ0v) is 12.6. The Labute approximate surface area is 129 Å². The molecular formula is C13H16NNaO3. The number of carboxylic acid groups (broad SMARTS) is 1. The van der Waals surface area contributed by atoms with Gasteiger partial charge in [-0.3, -0.25) is 4.90 Å². The minimum absolute atomic E-state index is 0. The Morgan fingerprint density at radius 3 is 2.67 bits per heavy atom. The second kappa shape index (κ2) is 7.26. The van der Waals surface area contributed by atoms with Crippen molar-refractivity contribution in [3.8, 4) is 0 Å². The Hall–Kier alpha value is -0.390. The molecule has 18 heavy (non-hydrogen) atoms. The number of carboxylic acids is 1. The van der Waals surface area contributed by atoms with E-state index in [0.29, 0.717) is 13.0 Å². The van der Waals surface area contributed by atoms with Gasteiger partial charge in [-0.1, -0.05) is 30.3 Å². The SMILES string of the molecule is O=C([O-])[C@H]1CN(Cc2ccccc2)CC[C@@H]1O.[Na+]. The number of aliphatic hydroxyl groups excluding tert-OH is 1. The second-order valence-electron chi connectivity index (χ2n) is 4.50. The molecule has 5 heteroatoms. The first-order chi connectivity index (χ1) is 8.16. The summed E-state index contributed by atoms with van der Waals surface area (Å²) in [6.45, 7) is 1.80. The molecular weight excluding hydrogens is 241 g/mol. The van der Waals surface area contributed by atoms with E-state index in [0.717, 1.165) is 18.7 Å². The predicted molar refractivity (Wildman–Crippen MR) is 60.8 cm³/mol. The normalized spacial score (nSPS) is 24.3. The second-order valence-corrected chi connectivity index (χ2v) is 4.50. The fourth-order valence-electron chi connectivity index (χ4n) is 2.22. The summed E-state index contributed by atoms with van der Waals surface area (Å²) < 4.78 is 0. The van der Waals surface area contributed by atoms with Crippen LogP contribution >= 0.6 is 0 Å². The van der Waals surface area contributed by atoms with E-state index in [4.69, 9.17) is 0 Å². The largest absolute Gasteiger partial charge is 1.00 e. The first-order valence-electron chi connectivity index (χ1n) is 5.82. The van der Waals surface area contributed by atoms with Gasteiger partial charge in [0.15, 0.2) is 0 Å². The molecule has 1 saturated heterocycles. The fraction of sp³-hybridized carbons (Fsp3) is 0.462. The number of likely N-dealkylation sites (tertiary alicyclic amines) is 1. The van der Waals surface area contributed by atoms with Gasteiger partial charge in [-0.2, -0.15) is 0 Å². The molecule has 1 fully saturated rings. The summed E-state index contributed by atoms with van der Waals surface area (Å²) in [5.41, 5.74) is 1.15. The maximum absolute atomic E-state index is 10.9. The van der Waals surface area contributed by atoms with E-state index in [2.05, 4.69) is 0 Å². The zero-order valence-electron chi connectivity index (χ0n) is 10.6. The Kier molecular flexibility index (Phi) is 6.32. The molecule has 1 N–H and O–H groups in total. The van der Waals surface area contributed by atoms with Crippen LogP contribution in [0.25, 0.3) is 0 Å². The minimum atomic E-state index is -1.16. The van der Waals surface area contributed by atoms with Crippen LogP contribution in [0.15, 0.2) is 30.3 Å². The van der Waals surface area contributed by atoms with Crippen LogP contribution in [0.2, 0.25) is 0 Å². The van der Waals surface area contributed by atoms with Crippen molar-refractivity contribution in [3.63, 3.8) is 0 Å². The van der Waals surface area contributed by atoms with Gasteiger partial charge in [0.25, 0.3) is 0 Å². The Morgan fingerprint density at radius 2 is 2.06 bits per heavy atom. The maximum Gasteiger partial charge on any atom is 1.00 e. The number of hydrogen-bond donors (Lipinski definition) is 1. The van der Waals surface area contributed by atoms with Gasteiger partial charge in [0.1, 0.15) is 0 Å². The predicted octanol–water partition coefficient (Wildman–Crippen LogP) is -3.38. The molecule has 0 radical (unpaired) electrons. The fourth-order valence-corrected chi connectivity index (χ4v) is 2.22. The van der Waals surface area contributed by atoms with Crippen LogP contribution < -0.4 is 34.7 Å². The molecule has 1 aliphatic rings. The number of aliphatic carboxylic acids is 1. The van der Waals surface area contributed by atoms with Crippen molar-refractivity contribution in [2.75, 3.05) is 13.1 Å². The number of carbonyl (C=O) groups is 1. The quantitative estimate of drug-likeness (QED) is 0.574. The molecule has 0 unspecified atom stereocenters. The molecule has 1 heterocycles. The monoisotopic (exact) mass is 257 g/mol. The molecule has 0 bridgehead atoms. The van der Waals surface area contributed by atoms with Crippen molar-refractivity contribution >= 4 is 5.97 Å². The number of benzene rings is 1. The third-order valence-electron chi connectivity index (χ3n) is 3.21. The Morgan fingerprint density at radius 1 is 1.39 bits per heavy atom. The molecule has 0 aromatic heterocycles. The molecule has 0 saturated carbocycles. The maximum atomic E-state index is 10.9. The standard InChI is InChI=1S/C13H17NO3.Na/c15-12-6-7-14(9-11(12)13(16)17)8-10-4-2-1-3-5-10;/h1-5,11-12,15H,6-9H2,(H,16,17);/q;+1/p-1/t11-,12-;/m0./s1. The van der Waals surface area contributed by atoms with E-state index in [1.54, 1.807) is 0 Å². The van der Waals surface area contributed by atoms with Crippen molar-refractivity contribution in [1.29, 1.82) is 0 Å². The summed E-state index contributed by atoms with van der Waals surface area (Å²) in [5.74, 6) is -1.93. The van der Waals surface area contributed by atoms with E-state index >= 15 is 0 Å². The number of rotatable bonds is 3. The van der Waals surface area contributed by atoms with Gasteiger partial charge in [0, 0.05) is 31.5 Å². The first kappa shape index (κ1) is 15.7. The van der Waals surface area contributed by atoms with Gasteiger partial charge in [-0.05, 0) is 12.0 Å². The topological polar surface area (TPSA) is 63.6 Å². The third kappa shape index (κ3) is 4.07. The molecule has 0 spiro atoms. The van der Waals surface area contributed by atoms with Crippen LogP contribution in [0, 0.1) is 5.92 Å². The average molecular weight is 257 g/mol. The van der Waals surface area contributed by atoms with E-state index in [1.165, 1.54) is 0 Å². The molecule has 0 aliphatic carbocycles. The van der Waals surface area contributed by atoms with Gasteiger partial charge < -0.3 is 15.0 Å². The van der Waals surface area contributed by atoms with E-state index in [-0.39, 0.29) is 29.6 Å². The van der Waals surface area contributed by atoms with Crippen LogP contribution in [0.3, 0.4) is 0 Å². The van der Waals surface area contributed by atoms with Crippen LogP contribution in [-0.4, -0.2) is 35.2 Å². The number of nitrogens with zero attached hydrogens (tertiary/aromatic N) is 1. The molecule has 1 aliphatic heterocycles. The Bertz CT molecular complexity index is 385. The molecule has 2 rings (SSSR count). The average Bonchev–Trinajstić information content (AvgIpc) is 2.32. The summed E-state index contributed by atoms with van der Waals surface area (Å²) in [7, 11) is 0. The van der Waals surface area contributed by atoms with Crippen molar-refractivity contribution in [2.24, 2.45) is 5.92 Å². The minimum Gasteiger partial charge on any atom is -0.550 e. The molecule has 92 valence electrons. The number of piperidine rings is 1. The first-order valence-corrected chi connectivity index (χ1v) is 5.82. The molecule has 1 aromatic rings. The molecule has 0 amide bonds. The molecule has 2 atom stereocenters. The summed E-state index contributed by atoms with van der Waals surface area (Å²) in [5, 5.41) is 20.4. The van der Waals surface area contributed by atoms with Crippen LogP contribution in [0.4, 0.5) is 0 Å². The smallest absolute Gasteiger partial charge is 0.550 e. The summed E-state index contributed by atoms with van der Waals surface area (Å²) in [4.78, 5) is 12.9. The van der Waals surface area contributed by atoms with Crippen molar-refractivity contribution in [1.82, 2.24) is 4.90 Å². The Balaban J connectivity index is 0.00000162. The molecule has 4 nitrogen and oxygen atoms in total. The van der Waals surface area contributed by atoms with Gasteiger partial charge in [-0.15, -0.1) is 0 Å². The van der Waals surface area contributed by atoms with Gasteiger partial charge in [0.2, 0.25) is 0 Å². The number of aliphatic hydroxyl groups is 1. The van der Waals surface area contributed by atoms with E-state index < -0.39 is 18.0 Å². The number of carbonyl (C=O) groups excluding carboxylic acids is 1. The van der Waals surface area contributed by atoms with Crippen molar-refractivity contribution in [2.45, 2.75) is 19.1 Å². The summed E-state index contributed by atoms with van der Waals surface area (Å²) >= 11 is 0. The van der Waals surface area contributed by atoms with E-state index in [9.17, 15) is 15.0 Å². The molecule has 1 aromatic carbocycles.